The van der Waals surface area contributed by atoms with Crippen molar-refractivity contribution < 1.29 is 17.9 Å². The maximum absolute atomic E-state index is 13.1. The van der Waals surface area contributed by atoms with Gasteiger partial charge < -0.3 is 10.1 Å². The smallest absolute Gasteiger partial charge is 0.243 e. The Bertz CT molecular complexity index is 1140. The van der Waals surface area contributed by atoms with Gasteiger partial charge in [0.25, 0.3) is 0 Å². The van der Waals surface area contributed by atoms with Crippen molar-refractivity contribution in [1.29, 1.82) is 0 Å². The average molecular weight is 427 g/mol. The van der Waals surface area contributed by atoms with Crippen LogP contribution in [-0.2, 0) is 21.4 Å². The Labute approximate surface area is 177 Å². The fourth-order valence-corrected chi connectivity index (χ4v) is 4.37. The molecular formula is C23H26N2O4S. The molecule has 0 radical (unpaired) electrons. The minimum absolute atomic E-state index is 0.162. The first-order chi connectivity index (χ1) is 14.3. The van der Waals surface area contributed by atoms with Gasteiger partial charge in [0.2, 0.25) is 15.9 Å². The predicted molar refractivity (Wildman–Crippen MR) is 119 cm³/mol. The summed E-state index contributed by atoms with van der Waals surface area (Å²) in [6.45, 7) is 4.17. The third-order valence-electron chi connectivity index (χ3n) is 4.72. The Morgan fingerprint density at radius 3 is 2.40 bits per heavy atom. The Morgan fingerprint density at radius 1 is 1.03 bits per heavy atom. The highest BCUT2D eigenvalue weighted by Crippen LogP contribution is 2.31. The van der Waals surface area contributed by atoms with Crippen molar-refractivity contribution in [2.45, 2.75) is 31.7 Å². The topological polar surface area (TPSA) is 75.7 Å². The number of ether oxygens (including phenoxy) is 1. The van der Waals surface area contributed by atoms with Crippen LogP contribution in [0.5, 0.6) is 5.75 Å². The molecule has 0 aliphatic rings. The van der Waals surface area contributed by atoms with E-state index >= 15 is 0 Å². The Balaban J connectivity index is 1.93. The maximum atomic E-state index is 13.1. The highest BCUT2D eigenvalue weighted by Gasteiger charge is 2.23. The summed E-state index contributed by atoms with van der Waals surface area (Å²) in [5, 5.41) is 4.63. The van der Waals surface area contributed by atoms with Crippen LogP contribution in [0.4, 0.5) is 5.69 Å². The highest BCUT2D eigenvalue weighted by atomic mass is 32.2. The molecule has 0 saturated heterocycles. The second-order valence-corrected chi connectivity index (χ2v) is 9.12. The van der Waals surface area contributed by atoms with Crippen LogP contribution in [0.15, 0.2) is 65.6 Å². The predicted octanol–water partition coefficient (Wildman–Crippen LogP) is 4.41. The first-order valence-electron chi connectivity index (χ1n) is 9.80. The molecule has 6 nitrogen and oxygen atoms in total. The minimum atomic E-state index is -3.72. The van der Waals surface area contributed by atoms with Crippen LogP contribution in [0.2, 0.25) is 0 Å². The summed E-state index contributed by atoms with van der Waals surface area (Å²) < 4.78 is 33.5. The number of nitrogens with one attached hydrogen (secondary N) is 1. The summed E-state index contributed by atoms with van der Waals surface area (Å²) in [5.41, 5.74) is 1.39. The van der Waals surface area contributed by atoms with Crippen molar-refractivity contribution in [3.8, 4) is 5.75 Å². The van der Waals surface area contributed by atoms with Crippen LogP contribution in [0.1, 0.15) is 25.8 Å². The quantitative estimate of drug-likeness (QED) is 0.579. The summed E-state index contributed by atoms with van der Waals surface area (Å²) in [6.07, 6.45) is 0.862. The van der Waals surface area contributed by atoms with E-state index in [0.717, 1.165) is 22.8 Å². The monoisotopic (exact) mass is 426 g/mol. The third-order valence-corrected chi connectivity index (χ3v) is 6.54. The molecule has 0 aromatic heterocycles. The van der Waals surface area contributed by atoms with Gasteiger partial charge in [-0.3, -0.25) is 4.79 Å². The van der Waals surface area contributed by atoms with Gasteiger partial charge in [0.05, 0.1) is 11.5 Å². The van der Waals surface area contributed by atoms with Gasteiger partial charge in [-0.1, -0.05) is 37.3 Å². The molecule has 0 bridgehead atoms. The average Bonchev–Trinajstić information content (AvgIpc) is 2.73. The summed E-state index contributed by atoms with van der Waals surface area (Å²) in [4.78, 5) is 11.3. The van der Waals surface area contributed by atoms with Gasteiger partial charge in [0.1, 0.15) is 5.75 Å². The van der Waals surface area contributed by atoms with Gasteiger partial charge in [-0.25, -0.2) is 8.42 Å². The third kappa shape index (κ3) is 4.80. The molecule has 0 saturated carbocycles. The summed E-state index contributed by atoms with van der Waals surface area (Å²) in [6, 6.07) is 17.9. The van der Waals surface area contributed by atoms with Crippen molar-refractivity contribution in [2.24, 2.45) is 0 Å². The fourth-order valence-electron chi connectivity index (χ4n) is 3.23. The lowest BCUT2D eigenvalue weighted by atomic mass is 10.0. The van der Waals surface area contributed by atoms with Crippen molar-refractivity contribution in [1.82, 2.24) is 4.31 Å². The summed E-state index contributed by atoms with van der Waals surface area (Å²) in [7, 11) is -2.17. The van der Waals surface area contributed by atoms with Gasteiger partial charge in [-0.2, -0.15) is 4.31 Å². The summed E-state index contributed by atoms with van der Waals surface area (Å²) >= 11 is 0. The standard InChI is InChI=1S/C23H26N2O4S/c1-4-15-29-23-14-9-18-7-5-6-8-21(18)22(23)16-25(3)30(27,28)20-12-10-19(11-13-20)24-17(2)26/h5-14H,4,15-16H2,1-3H3,(H,24,26). The van der Waals surface area contributed by atoms with E-state index in [1.54, 1.807) is 19.2 Å². The number of anilines is 1. The molecule has 0 spiro atoms. The molecule has 1 amide bonds. The first kappa shape index (κ1) is 21.8. The lowest BCUT2D eigenvalue weighted by molar-refractivity contribution is -0.114. The number of hydrogen-bond donors (Lipinski definition) is 1. The molecule has 1 N–H and O–H groups in total. The van der Waals surface area contributed by atoms with Gasteiger partial charge >= 0.3 is 0 Å². The van der Waals surface area contributed by atoms with E-state index < -0.39 is 10.0 Å². The summed E-state index contributed by atoms with van der Waals surface area (Å²) in [5.74, 6) is 0.483. The van der Waals surface area contributed by atoms with E-state index in [1.165, 1.54) is 23.4 Å². The molecule has 0 fully saturated rings. The number of rotatable bonds is 8. The Hall–Kier alpha value is -2.90. The molecule has 3 rings (SSSR count). The molecule has 0 aliphatic carbocycles. The molecule has 3 aromatic rings. The number of carbonyl (C=O) groups excluding carboxylic acids is 1. The van der Waals surface area contributed by atoms with Crippen LogP contribution in [0, 0.1) is 0 Å². The molecule has 158 valence electrons. The van der Waals surface area contributed by atoms with E-state index in [-0.39, 0.29) is 17.3 Å². The van der Waals surface area contributed by atoms with Gasteiger partial charge in [-0.05, 0) is 47.5 Å². The lowest BCUT2D eigenvalue weighted by Crippen LogP contribution is -2.27. The van der Waals surface area contributed by atoms with Crippen molar-refractivity contribution in [3.05, 3.63) is 66.2 Å². The molecular weight excluding hydrogens is 400 g/mol. The SMILES string of the molecule is CCCOc1ccc2ccccc2c1CN(C)S(=O)(=O)c1ccc(NC(C)=O)cc1. The second-order valence-electron chi connectivity index (χ2n) is 7.08. The number of amides is 1. The molecule has 0 aliphatic heterocycles. The second kappa shape index (κ2) is 9.28. The largest absolute Gasteiger partial charge is 0.493 e. The van der Waals surface area contributed by atoms with Crippen LogP contribution in [0.25, 0.3) is 10.8 Å². The van der Waals surface area contributed by atoms with E-state index in [0.29, 0.717) is 18.0 Å². The van der Waals surface area contributed by atoms with Crippen molar-refractivity contribution in [3.63, 3.8) is 0 Å². The number of benzene rings is 3. The zero-order valence-electron chi connectivity index (χ0n) is 17.4. The minimum Gasteiger partial charge on any atom is -0.493 e. The van der Waals surface area contributed by atoms with Crippen LogP contribution in [-0.4, -0.2) is 32.3 Å². The normalized spacial score (nSPS) is 11.6. The number of fused-ring (bicyclic) bond motifs is 1. The number of sulfonamides is 1. The molecule has 3 aromatic carbocycles. The first-order valence-corrected chi connectivity index (χ1v) is 11.2. The highest BCUT2D eigenvalue weighted by molar-refractivity contribution is 7.89. The Kier molecular flexibility index (Phi) is 6.74. The van der Waals surface area contributed by atoms with Gasteiger partial charge in [0.15, 0.2) is 0 Å². The van der Waals surface area contributed by atoms with Crippen molar-refractivity contribution >= 4 is 32.4 Å². The van der Waals surface area contributed by atoms with Gasteiger partial charge in [0, 0.05) is 31.8 Å². The van der Waals surface area contributed by atoms with Crippen LogP contribution < -0.4 is 10.1 Å². The molecule has 7 heteroatoms. The number of nitrogens with zero attached hydrogens (tertiary/aromatic N) is 1. The molecule has 0 atom stereocenters. The van der Waals surface area contributed by atoms with E-state index in [1.807, 2.05) is 43.3 Å². The van der Waals surface area contributed by atoms with E-state index in [4.69, 9.17) is 4.74 Å². The van der Waals surface area contributed by atoms with Crippen molar-refractivity contribution in [2.75, 3.05) is 19.0 Å². The van der Waals surface area contributed by atoms with Crippen LogP contribution in [0.3, 0.4) is 0 Å². The molecule has 0 unspecified atom stereocenters. The number of carbonyl (C=O) groups is 1. The van der Waals surface area contributed by atoms with E-state index in [2.05, 4.69) is 5.32 Å². The van der Waals surface area contributed by atoms with E-state index in [9.17, 15) is 13.2 Å². The maximum Gasteiger partial charge on any atom is 0.243 e. The fraction of sp³-hybridized carbons (Fsp3) is 0.261. The lowest BCUT2D eigenvalue weighted by Gasteiger charge is -2.21. The van der Waals surface area contributed by atoms with Crippen LogP contribution >= 0.6 is 0 Å². The van der Waals surface area contributed by atoms with Gasteiger partial charge in [-0.15, -0.1) is 0 Å². The molecule has 0 heterocycles. The zero-order chi connectivity index (χ0) is 21.7. The molecule has 30 heavy (non-hydrogen) atoms. The number of hydrogen-bond acceptors (Lipinski definition) is 4. The Morgan fingerprint density at radius 2 is 1.73 bits per heavy atom. The zero-order valence-corrected chi connectivity index (χ0v) is 18.2.